The minimum Gasteiger partial charge on any atom is -0.370 e. The Morgan fingerprint density at radius 1 is 1.19 bits per heavy atom. The summed E-state index contributed by atoms with van der Waals surface area (Å²) in [6, 6.07) is 7.65. The van der Waals surface area contributed by atoms with E-state index >= 15 is 0 Å². The molecule has 3 fully saturated rings. The number of anilines is 2. The summed E-state index contributed by atoms with van der Waals surface area (Å²) in [7, 11) is 0. The third-order valence-corrected chi connectivity index (χ3v) is 8.10. The van der Waals surface area contributed by atoms with Gasteiger partial charge in [-0.25, -0.2) is 4.39 Å². The number of ether oxygens (including phenoxy) is 1. The number of rotatable bonds is 9. The van der Waals surface area contributed by atoms with Crippen LogP contribution in [0.1, 0.15) is 41.8 Å². The number of carbonyl (C=O) groups excluding carboxylic acids is 3. The number of carbonyl (C=O) groups is 3. The molecule has 3 amide bonds. The molecule has 1 aliphatic heterocycles. The average molecular weight is 535 g/mol. The lowest BCUT2D eigenvalue weighted by atomic mass is 9.89. The summed E-state index contributed by atoms with van der Waals surface area (Å²) in [5, 5.41) is 5.73. The van der Waals surface area contributed by atoms with Crippen molar-refractivity contribution in [1.82, 2.24) is 10.2 Å². The van der Waals surface area contributed by atoms with Gasteiger partial charge in [0.1, 0.15) is 18.5 Å². The first-order chi connectivity index (χ1) is 17.4. The van der Waals surface area contributed by atoms with Gasteiger partial charge in [0.2, 0.25) is 5.91 Å². The monoisotopic (exact) mass is 534 g/mol. The van der Waals surface area contributed by atoms with Crippen molar-refractivity contribution >= 4 is 52.0 Å². The standard InChI is InChI=1S/C25H28ClFN4O4S/c26-22-9-8-21(36-22)25(34)28-13-20(31(17-5-6-17)16-2-1-3-16)24(33)29-15-4-7-19(18(27)12-15)30-10-11-35-14-23(30)32/h4,7-9,12,16-17,20H,1-3,5-6,10-11,13-14H2,(H,28,34)(H,29,33)/t20-/m0/s1. The first-order valence-electron chi connectivity index (χ1n) is 12.2. The van der Waals surface area contributed by atoms with Gasteiger partial charge >= 0.3 is 0 Å². The van der Waals surface area contributed by atoms with Crippen LogP contribution in [0.5, 0.6) is 0 Å². The number of thiophene rings is 1. The fraction of sp³-hybridized carbons (Fsp3) is 0.480. The molecule has 11 heteroatoms. The molecule has 2 heterocycles. The van der Waals surface area contributed by atoms with Crippen molar-refractivity contribution in [3.8, 4) is 0 Å². The van der Waals surface area contributed by atoms with Gasteiger partial charge in [0.05, 0.1) is 21.5 Å². The number of halogens is 2. The van der Waals surface area contributed by atoms with Crippen molar-refractivity contribution in [1.29, 1.82) is 0 Å². The van der Waals surface area contributed by atoms with Gasteiger partial charge in [-0.2, -0.15) is 0 Å². The van der Waals surface area contributed by atoms with E-state index in [1.807, 2.05) is 0 Å². The molecule has 192 valence electrons. The lowest BCUT2D eigenvalue weighted by Crippen LogP contribution is -2.57. The fourth-order valence-corrected chi connectivity index (χ4v) is 5.67. The number of nitrogens with zero attached hydrogens (tertiary/aromatic N) is 2. The van der Waals surface area contributed by atoms with E-state index in [1.165, 1.54) is 28.4 Å². The van der Waals surface area contributed by atoms with Crippen molar-refractivity contribution < 1.29 is 23.5 Å². The molecule has 1 saturated heterocycles. The van der Waals surface area contributed by atoms with E-state index in [4.69, 9.17) is 16.3 Å². The van der Waals surface area contributed by atoms with Gasteiger partial charge in [0, 0.05) is 30.9 Å². The van der Waals surface area contributed by atoms with Gasteiger partial charge in [0.15, 0.2) is 0 Å². The largest absolute Gasteiger partial charge is 0.370 e. The molecule has 0 bridgehead atoms. The first-order valence-corrected chi connectivity index (χ1v) is 13.4. The lowest BCUT2D eigenvalue weighted by molar-refractivity contribution is -0.126. The van der Waals surface area contributed by atoms with Crippen LogP contribution in [0, 0.1) is 5.82 Å². The van der Waals surface area contributed by atoms with E-state index in [0.717, 1.165) is 32.1 Å². The maximum atomic E-state index is 14.9. The molecule has 1 atom stereocenters. The van der Waals surface area contributed by atoms with Gasteiger partial charge in [0.25, 0.3) is 11.8 Å². The topological polar surface area (TPSA) is 91.0 Å². The molecule has 2 aromatic rings. The molecule has 2 saturated carbocycles. The molecule has 0 radical (unpaired) electrons. The number of hydrogen-bond acceptors (Lipinski definition) is 6. The number of nitrogens with one attached hydrogen (secondary N) is 2. The SMILES string of the molecule is O=C(NC[C@@H](C(=O)Nc1ccc(N2CCOCC2=O)c(F)c1)N(C1CCC1)C1CC1)c1ccc(Cl)s1. The zero-order valence-corrected chi connectivity index (χ0v) is 21.2. The van der Waals surface area contributed by atoms with E-state index < -0.39 is 11.9 Å². The van der Waals surface area contributed by atoms with Crippen molar-refractivity contribution in [2.75, 3.05) is 36.5 Å². The summed E-state index contributed by atoms with van der Waals surface area (Å²) in [5.74, 6) is -1.48. The molecule has 0 spiro atoms. The fourth-order valence-electron chi connectivity index (χ4n) is 4.71. The summed E-state index contributed by atoms with van der Waals surface area (Å²) >= 11 is 7.15. The molecule has 36 heavy (non-hydrogen) atoms. The predicted octanol–water partition coefficient (Wildman–Crippen LogP) is 3.66. The Hall–Kier alpha value is -2.53. The molecule has 2 aliphatic carbocycles. The highest BCUT2D eigenvalue weighted by Crippen LogP contribution is 2.37. The average Bonchev–Trinajstić information content (AvgIpc) is 3.57. The van der Waals surface area contributed by atoms with Crippen LogP contribution in [-0.2, 0) is 14.3 Å². The Bertz CT molecular complexity index is 1150. The second kappa shape index (κ2) is 10.8. The van der Waals surface area contributed by atoms with Crippen LogP contribution >= 0.6 is 22.9 Å². The third kappa shape index (κ3) is 5.56. The van der Waals surface area contributed by atoms with Crippen LogP contribution in [0.4, 0.5) is 15.8 Å². The second-order valence-electron chi connectivity index (χ2n) is 9.35. The van der Waals surface area contributed by atoms with Crippen molar-refractivity contribution in [2.24, 2.45) is 0 Å². The molecular formula is C25H28ClFN4O4S. The van der Waals surface area contributed by atoms with Crippen LogP contribution in [0.2, 0.25) is 4.34 Å². The van der Waals surface area contributed by atoms with Gasteiger partial charge in [-0.3, -0.25) is 19.3 Å². The Balaban J connectivity index is 1.31. The van der Waals surface area contributed by atoms with E-state index in [-0.39, 0.29) is 43.1 Å². The minimum absolute atomic E-state index is 0.0822. The predicted molar refractivity (Wildman–Crippen MR) is 136 cm³/mol. The molecule has 2 N–H and O–H groups in total. The van der Waals surface area contributed by atoms with Gasteiger partial charge < -0.3 is 20.3 Å². The van der Waals surface area contributed by atoms with Crippen molar-refractivity contribution in [3.05, 3.63) is 45.4 Å². The maximum absolute atomic E-state index is 14.9. The summed E-state index contributed by atoms with van der Waals surface area (Å²) in [5.41, 5.74) is 0.460. The van der Waals surface area contributed by atoms with Crippen LogP contribution in [0.25, 0.3) is 0 Å². The molecular weight excluding hydrogens is 507 g/mol. The minimum atomic E-state index is -0.597. The molecule has 1 aromatic carbocycles. The number of amides is 3. The molecule has 5 rings (SSSR count). The molecule has 1 aromatic heterocycles. The molecule has 3 aliphatic rings. The molecule has 0 unspecified atom stereocenters. The highest BCUT2D eigenvalue weighted by Gasteiger charge is 2.43. The highest BCUT2D eigenvalue weighted by molar-refractivity contribution is 7.18. The quantitative estimate of drug-likeness (QED) is 0.512. The first kappa shape index (κ1) is 25.1. The van der Waals surface area contributed by atoms with Gasteiger partial charge in [-0.1, -0.05) is 18.0 Å². The lowest BCUT2D eigenvalue weighted by Gasteiger charge is -2.42. The van der Waals surface area contributed by atoms with Crippen LogP contribution in [0.15, 0.2) is 30.3 Å². The Kier molecular flexibility index (Phi) is 7.57. The zero-order chi connectivity index (χ0) is 25.2. The van der Waals surface area contributed by atoms with Crippen LogP contribution < -0.4 is 15.5 Å². The molecule has 8 nitrogen and oxygen atoms in total. The summed E-state index contributed by atoms with van der Waals surface area (Å²) in [6.45, 7) is 0.667. The Labute approximate surface area is 217 Å². The third-order valence-electron chi connectivity index (χ3n) is 6.87. The number of hydrogen-bond donors (Lipinski definition) is 2. The summed E-state index contributed by atoms with van der Waals surface area (Å²) in [4.78, 5) is 42.3. The van der Waals surface area contributed by atoms with Crippen LogP contribution in [0.3, 0.4) is 0 Å². The van der Waals surface area contributed by atoms with Gasteiger partial charge in [-0.05, 0) is 56.0 Å². The summed E-state index contributed by atoms with van der Waals surface area (Å²) in [6.07, 6.45) is 5.20. The maximum Gasteiger partial charge on any atom is 0.261 e. The van der Waals surface area contributed by atoms with Gasteiger partial charge in [-0.15, -0.1) is 11.3 Å². The summed E-state index contributed by atoms with van der Waals surface area (Å²) < 4.78 is 20.6. The smallest absolute Gasteiger partial charge is 0.261 e. The highest BCUT2D eigenvalue weighted by atomic mass is 35.5. The zero-order valence-electron chi connectivity index (χ0n) is 19.7. The Morgan fingerprint density at radius 3 is 2.58 bits per heavy atom. The van der Waals surface area contributed by atoms with E-state index in [2.05, 4.69) is 15.5 Å². The van der Waals surface area contributed by atoms with E-state index in [1.54, 1.807) is 18.2 Å². The van der Waals surface area contributed by atoms with Crippen molar-refractivity contribution in [3.63, 3.8) is 0 Å². The van der Waals surface area contributed by atoms with Crippen LogP contribution in [-0.4, -0.2) is 67.1 Å². The Morgan fingerprint density at radius 2 is 1.97 bits per heavy atom. The van der Waals surface area contributed by atoms with E-state index in [9.17, 15) is 18.8 Å². The second-order valence-corrected chi connectivity index (χ2v) is 11.1. The number of morpholine rings is 1. The van der Waals surface area contributed by atoms with E-state index in [0.29, 0.717) is 33.6 Å². The van der Waals surface area contributed by atoms with Crippen molar-refractivity contribution in [2.45, 2.75) is 50.2 Å². The normalized spacial score (nSPS) is 19.2. The number of benzene rings is 1.